The summed E-state index contributed by atoms with van der Waals surface area (Å²) in [4.78, 5) is 19.1. The Morgan fingerprint density at radius 3 is 2.61 bits per heavy atom. The van der Waals surface area contributed by atoms with Gasteiger partial charge in [-0.3, -0.25) is 10.1 Å². The van der Waals surface area contributed by atoms with Crippen LogP contribution in [0.3, 0.4) is 0 Å². The number of hydrogen-bond acceptors (Lipinski definition) is 7. The number of anilines is 2. The van der Waals surface area contributed by atoms with Crippen molar-refractivity contribution in [2.75, 3.05) is 43.4 Å². The third kappa shape index (κ3) is 5.03. The van der Waals surface area contributed by atoms with Gasteiger partial charge in [0.25, 0.3) is 5.69 Å². The predicted molar refractivity (Wildman–Crippen MR) is 101 cm³/mol. The number of halogens is 2. The van der Waals surface area contributed by atoms with Gasteiger partial charge in [0.05, 0.1) is 16.7 Å². The van der Waals surface area contributed by atoms with E-state index in [0.717, 1.165) is 43.6 Å². The molecule has 0 unspecified atom stereocenters. The Morgan fingerprint density at radius 2 is 2.00 bits per heavy atom. The number of likely N-dealkylation sites (N-methyl/N-ethyl adjacent to an activating group) is 1. The van der Waals surface area contributed by atoms with Gasteiger partial charge in [-0.25, -0.2) is 4.98 Å². The Bertz CT molecular complexity index is 811. The minimum absolute atomic E-state index is 0.244. The van der Waals surface area contributed by atoms with Crippen molar-refractivity contribution in [1.82, 2.24) is 9.88 Å². The van der Waals surface area contributed by atoms with Crippen molar-refractivity contribution in [2.45, 2.75) is 13.2 Å². The molecular weight excluding hydrogens is 372 g/mol. The lowest BCUT2D eigenvalue weighted by Crippen LogP contribution is -2.44. The number of ether oxygens (including phenoxy) is 1. The number of hydrogen-bond donors (Lipinski definition) is 1. The highest BCUT2D eigenvalue weighted by Gasteiger charge is 2.16. The molecule has 1 aliphatic heterocycles. The van der Waals surface area contributed by atoms with Crippen molar-refractivity contribution < 1.29 is 18.4 Å². The maximum Gasteiger partial charge on any atom is 0.387 e. The molecular formula is C18H21F2N5O3. The number of aromatic nitrogens is 1. The second-order valence-electron chi connectivity index (χ2n) is 6.48. The van der Waals surface area contributed by atoms with Gasteiger partial charge in [0.15, 0.2) is 5.75 Å². The number of nitrogens with one attached hydrogen (secondary N) is 1. The van der Waals surface area contributed by atoms with E-state index in [-0.39, 0.29) is 17.1 Å². The molecule has 3 rings (SSSR count). The Kier molecular flexibility index (Phi) is 6.19. The van der Waals surface area contributed by atoms with Crippen LogP contribution in [0, 0.1) is 10.1 Å². The van der Waals surface area contributed by atoms with Gasteiger partial charge >= 0.3 is 6.61 Å². The van der Waals surface area contributed by atoms with E-state index in [0.29, 0.717) is 6.54 Å². The van der Waals surface area contributed by atoms with Crippen LogP contribution in [0.4, 0.5) is 26.0 Å². The van der Waals surface area contributed by atoms with Gasteiger partial charge in [-0.05, 0) is 24.7 Å². The Morgan fingerprint density at radius 1 is 1.25 bits per heavy atom. The van der Waals surface area contributed by atoms with Crippen LogP contribution in [-0.2, 0) is 6.54 Å². The number of nitro groups is 1. The largest absolute Gasteiger partial charge is 0.432 e. The van der Waals surface area contributed by atoms with Gasteiger partial charge in [-0.1, -0.05) is 6.07 Å². The minimum Gasteiger partial charge on any atom is -0.432 e. The Hall–Kier alpha value is -3.01. The van der Waals surface area contributed by atoms with E-state index in [4.69, 9.17) is 0 Å². The van der Waals surface area contributed by atoms with E-state index in [1.807, 2.05) is 12.1 Å². The van der Waals surface area contributed by atoms with Gasteiger partial charge in [-0.2, -0.15) is 8.78 Å². The summed E-state index contributed by atoms with van der Waals surface area (Å²) in [6.07, 6.45) is 1.72. The fourth-order valence-electron chi connectivity index (χ4n) is 2.91. The SMILES string of the molecule is CN1CCN(c2ccc(CNc3ccc([N+](=O)[O-])cc3OC(F)F)cn2)CC1. The summed E-state index contributed by atoms with van der Waals surface area (Å²) >= 11 is 0. The van der Waals surface area contributed by atoms with Crippen molar-refractivity contribution in [2.24, 2.45) is 0 Å². The zero-order valence-electron chi connectivity index (χ0n) is 15.3. The first-order valence-electron chi connectivity index (χ1n) is 8.78. The summed E-state index contributed by atoms with van der Waals surface area (Å²) in [6, 6.07) is 7.39. The molecule has 1 aromatic carbocycles. The van der Waals surface area contributed by atoms with Crippen LogP contribution in [0.15, 0.2) is 36.5 Å². The molecule has 2 aromatic rings. The van der Waals surface area contributed by atoms with Crippen molar-refractivity contribution in [3.05, 3.63) is 52.2 Å². The normalized spacial score (nSPS) is 14.9. The summed E-state index contributed by atoms with van der Waals surface area (Å²) in [5.74, 6) is 0.625. The predicted octanol–water partition coefficient (Wildman–Crippen LogP) is 2.96. The van der Waals surface area contributed by atoms with Crippen molar-refractivity contribution in [3.63, 3.8) is 0 Å². The van der Waals surface area contributed by atoms with Crippen LogP contribution in [0.1, 0.15) is 5.56 Å². The van der Waals surface area contributed by atoms with Gasteiger partial charge < -0.3 is 19.9 Å². The number of piperazine rings is 1. The molecule has 150 valence electrons. The smallest absolute Gasteiger partial charge is 0.387 e. The zero-order valence-corrected chi connectivity index (χ0v) is 15.3. The first kappa shape index (κ1) is 19.7. The lowest BCUT2D eigenvalue weighted by Gasteiger charge is -2.33. The molecule has 1 aromatic heterocycles. The molecule has 0 spiro atoms. The lowest BCUT2D eigenvalue weighted by molar-refractivity contribution is -0.385. The third-order valence-corrected chi connectivity index (χ3v) is 4.51. The Labute approximate surface area is 160 Å². The van der Waals surface area contributed by atoms with Gasteiger partial charge in [0.2, 0.25) is 0 Å². The van der Waals surface area contributed by atoms with Crippen LogP contribution in [0.25, 0.3) is 0 Å². The van der Waals surface area contributed by atoms with Crippen molar-refractivity contribution in [3.8, 4) is 5.75 Å². The zero-order chi connectivity index (χ0) is 20.1. The second-order valence-corrected chi connectivity index (χ2v) is 6.48. The van der Waals surface area contributed by atoms with Gasteiger partial charge in [0.1, 0.15) is 5.82 Å². The monoisotopic (exact) mass is 393 g/mol. The quantitative estimate of drug-likeness (QED) is 0.572. The fourth-order valence-corrected chi connectivity index (χ4v) is 2.91. The maximum absolute atomic E-state index is 12.6. The molecule has 1 N–H and O–H groups in total. The van der Waals surface area contributed by atoms with Crippen LogP contribution in [0.2, 0.25) is 0 Å². The first-order valence-corrected chi connectivity index (χ1v) is 8.78. The highest BCUT2D eigenvalue weighted by molar-refractivity contribution is 5.61. The number of pyridine rings is 1. The molecule has 0 saturated carbocycles. The molecule has 0 atom stereocenters. The molecule has 0 amide bonds. The van der Waals surface area contributed by atoms with Crippen molar-refractivity contribution >= 4 is 17.2 Å². The molecule has 1 aliphatic rings. The van der Waals surface area contributed by atoms with Crippen molar-refractivity contribution in [1.29, 1.82) is 0 Å². The lowest BCUT2D eigenvalue weighted by atomic mass is 10.2. The summed E-state index contributed by atoms with van der Waals surface area (Å²) < 4.78 is 29.6. The second kappa shape index (κ2) is 8.79. The van der Waals surface area contributed by atoms with E-state index in [1.54, 1.807) is 6.20 Å². The number of nitrogens with zero attached hydrogens (tertiary/aromatic N) is 4. The van der Waals surface area contributed by atoms with E-state index in [9.17, 15) is 18.9 Å². The molecule has 1 fully saturated rings. The van der Waals surface area contributed by atoms with Gasteiger partial charge in [0, 0.05) is 45.0 Å². The van der Waals surface area contributed by atoms with Gasteiger partial charge in [-0.15, -0.1) is 0 Å². The third-order valence-electron chi connectivity index (χ3n) is 4.51. The van der Waals surface area contributed by atoms with E-state index >= 15 is 0 Å². The fraction of sp³-hybridized carbons (Fsp3) is 0.389. The van der Waals surface area contributed by atoms with Crippen LogP contribution in [-0.4, -0.2) is 54.6 Å². The molecule has 1 saturated heterocycles. The highest BCUT2D eigenvalue weighted by atomic mass is 19.3. The number of benzene rings is 1. The number of nitro benzene ring substituents is 1. The minimum atomic E-state index is -3.08. The molecule has 2 heterocycles. The average molecular weight is 393 g/mol. The van der Waals surface area contributed by atoms with E-state index < -0.39 is 11.5 Å². The number of rotatable bonds is 7. The summed E-state index contributed by atoms with van der Waals surface area (Å²) in [6.45, 7) is 1.03. The standard InChI is InChI=1S/C18H21F2N5O3/c1-23-6-8-24(9-7-23)17-5-2-13(12-22-17)11-21-15-4-3-14(25(26)27)10-16(15)28-18(19)20/h2-5,10,12,18,21H,6-9,11H2,1H3. The summed E-state index contributed by atoms with van der Waals surface area (Å²) in [5, 5.41) is 13.8. The number of alkyl halides is 2. The molecule has 10 heteroatoms. The summed E-state index contributed by atoms with van der Waals surface area (Å²) in [5.41, 5.74) is 0.771. The van der Waals surface area contributed by atoms with E-state index in [2.05, 4.69) is 31.9 Å². The maximum atomic E-state index is 12.6. The van der Waals surface area contributed by atoms with Crippen LogP contribution < -0.4 is 15.0 Å². The number of non-ortho nitro benzene ring substituents is 1. The van der Waals surface area contributed by atoms with Crippen LogP contribution in [0.5, 0.6) is 5.75 Å². The molecule has 8 nitrogen and oxygen atoms in total. The van der Waals surface area contributed by atoms with Crippen LogP contribution >= 0.6 is 0 Å². The average Bonchev–Trinajstić information content (AvgIpc) is 2.67. The molecule has 0 bridgehead atoms. The Balaban J connectivity index is 1.65. The topological polar surface area (TPSA) is 83.8 Å². The first-order chi connectivity index (χ1) is 13.4. The highest BCUT2D eigenvalue weighted by Crippen LogP contribution is 2.31. The van der Waals surface area contributed by atoms with E-state index in [1.165, 1.54) is 12.1 Å². The summed E-state index contributed by atoms with van der Waals surface area (Å²) in [7, 11) is 2.09. The molecule has 0 aliphatic carbocycles. The molecule has 28 heavy (non-hydrogen) atoms. The molecule has 0 radical (unpaired) electrons.